The molecule has 0 saturated carbocycles. The number of hydrogen-bond donors (Lipinski definition) is 1. The first kappa shape index (κ1) is 15.0. The van der Waals surface area contributed by atoms with Crippen molar-refractivity contribution in [3.63, 3.8) is 0 Å². The zero-order valence-electron chi connectivity index (χ0n) is 11.0. The third-order valence-electron chi connectivity index (χ3n) is 3.14. The minimum Gasteiger partial charge on any atom is -0.396 e. The second kappa shape index (κ2) is 9.21. The predicted octanol–water partition coefficient (Wildman–Crippen LogP) is 4.54. The fourth-order valence-electron chi connectivity index (χ4n) is 1.82. The molecule has 0 saturated heterocycles. The van der Waals surface area contributed by atoms with Gasteiger partial charge in [0.25, 0.3) is 0 Å². The number of rotatable bonds is 10. The average molecular weight is 214 g/mol. The van der Waals surface area contributed by atoms with Crippen LogP contribution in [-0.4, -0.2) is 11.7 Å². The number of aliphatic hydroxyl groups excluding tert-OH is 1. The Bertz CT molecular complexity index is 129. The molecule has 0 bridgehead atoms. The molecular weight excluding hydrogens is 184 g/mol. The number of unbranched alkanes of at least 4 members (excludes halogenated alkanes) is 7. The van der Waals surface area contributed by atoms with E-state index in [1.165, 1.54) is 57.8 Å². The van der Waals surface area contributed by atoms with Gasteiger partial charge in [-0.15, -0.1) is 0 Å². The highest BCUT2D eigenvalue weighted by molar-refractivity contribution is 4.66. The van der Waals surface area contributed by atoms with Crippen LogP contribution in [0, 0.1) is 5.41 Å². The molecule has 0 aromatic heterocycles. The van der Waals surface area contributed by atoms with Gasteiger partial charge in [-0.05, 0) is 11.8 Å². The van der Waals surface area contributed by atoms with Gasteiger partial charge in [0.05, 0.1) is 0 Å². The lowest BCUT2D eigenvalue weighted by atomic mass is 9.88. The minimum absolute atomic E-state index is 0.141. The maximum Gasteiger partial charge on any atom is 0.0482 e. The monoisotopic (exact) mass is 214 g/mol. The van der Waals surface area contributed by atoms with Crippen LogP contribution in [-0.2, 0) is 0 Å². The summed E-state index contributed by atoms with van der Waals surface area (Å²) in [4.78, 5) is 0. The zero-order chi connectivity index (χ0) is 11.6. The van der Waals surface area contributed by atoms with Gasteiger partial charge in [0, 0.05) is 6.61 Å². The van der Waals surface area contributed by atoms with Crippen molar-refractivity contribution < 1.29 is 5.11 Å². The van der Waals surface area contributed by atoms with Crippen LogP contribution in [0.3, 0.4) is 0 Å². The van der Waals surface area contributed by atoms with Gasteiger partial charge in [-0.1, -0.05) is 72.1 Å². The molecule has 0 aromatic carbocycles. The van der Waals surface area contributed by atoms with E-state index in [9.17, 15) is 0 Å². The van der Waals surface area contributed by atoms with Gasteiger partial charge in [-0.2, -0.15) is 0 Å². The standard InChI is InChI=1S/C14H30O/c1-4-5-6-7-8-9-10-11-12-14(2,3)13-15/h15H,4-13H2,1-3H3. The lowest BCUT2D eigenvalue weighted by Crippen LogP contribution is -2.16. The Morgan fingerprint density at radius 3 is 1.73 bits per heavy atom. The maximum atomic E-state index is 9.09. The molecule has 0 aliphatic carbocycles. The van der Waals surface area contributed by atoms with E-state index in [1.54, 1.807) is 0 Å². The van der Waals surface area contributed by atoms with E-state index in [0.29, 0.717) is 6.61 Å². The van der Waals surface area contributed by atoms with E-state index < -0.39 is 0 Å². The van der Waals surface area contributed by atoms with Gasteiger partial charge in [0.2, 0.25) is 0 Å². The molecule has 0 amide bonds. The van der Waals surface area contributed by atoms with Gasteiger partial charge >= 0.3 is 0 Å². The van der Waals surface area contributed by atoms with Gasteiger partial charge in [-0.3, -0.25) is 0 Å². The van der Waals surface area contributed by atoms with Crippen LogP contribution in [0.5, 0.6) is 0 Å². The molecule has 0 aliphatic heterocycles. The Labute approximate surface area is 96.3 Å². The second-order valence-electron chi connectivity index (χ2n) is 5.55. The number of aliphatic hydroxyl groups is 1. The SMILES string of the molecule is CCCCCCCCCCC(C)(C)CO. The molecule has 1 N–H and O–H groups in total. The van der Waals surface area contributed by atoms with Crippen molar-refractivity contribution in [3.05, 3.63) is 0 Å². The van der Waals surface area contributed by atoms with Crippen molar-refractivity contribution in [3.8, 4) is 0 Å². The van der Waals surface area contributed by atoms with Crippen LogP contribution in [0.2, 0.25) is 0 Å². The van der Waals surface area contributed by atoms with Crippen molar-refractivity contribution in [1.29, 1.82) is 0 Å². The molecular formula is C14H30O. The van der Waals surface area contributed by atoms with Crippen molar-refractivity contribution in [2.45, 2.75) is 78.6 Å². The van der Waals surface area contributed by atoms with Crippen LogP contribution in [0.1, 0.15) is 78.6 Å². The fraction of sp³-hybridized carbons (Fsp3) is 1.00. The summed E-state index contributed by atoms with van der Waals surface area (Å²) >= 11 is 0. The summed E-state index contributed by atoms with van der Waals surface area (Å²) in [6, 6.07) is 0. The highest BCUT2D eigenvalue weighted by Crippen LogP contribution is 2.23. The average Bonchev–Trinajstić information content (AvgIpc) is 2.22. The third kappa shape index (κ3) is 10.2. The second-order valence-corrected chi connectivity index (χ2v) is 5.55. The topological polar surface area (TPSA) is 20.2 Å². The molecule has 0 radical (unpaired) electrons. The molecule has 92 valence electrons. The first-order valence-corrected chi connectivity index (χ1v) is 6.73. The molecule has 0 aromatic rings. The van der Waals surface area contributed by atoms with Crippen LogP contribution in [0.15, 0.2) is 0 Å². The molecule has 0 heterocycles. The summed E-state index contributed by atoms with van der Waals surface area (Å²) in [6.45, 7) is 6.88. The summed E-state index contributed by atoms with van der Waals surface area (Å²) in [5.74, 6) is 0. The maximum absolute atomic E-state index is 9.09. The Morgan fingerprint density at radius 1 is 0.800 bits per heavy atom. The lowest BCUT2D eigenvalue weighted by molar-refractivity contribution is 0.147. The Hall–Kier alpha value is -0.0400. The quantitative estimate of drug-likeness (QED) is 0.529. The number of hydrogen-bond acceptors (Lipinski definition) is 1. The van der Waals surface area contributed by atoms with E-state index in [4.69, 9.17) is 5.11 Å². The van der Waals surface area contributed by atoms with Gasteiger partial charge in [0.1, 0.15) is 0 Å². The van der Waals surface area contributed by atoms with Crippen LogP contribution in [0.25, 0.3) is 0 Å². The van der Waals surface area contributed by atoms with E-state index in [-0.39, 0.29) is 5.41 Å². The Kier molecular flexibility index (Phi) is 9.18. The highest BCUT2D eigenvalue weighted by Gasteiger charge is 2.14. The largest absolute Gasteiger partial charge is 0.396 e. The summed E-state index contributed by atoms with van der Waals surface area (Å²) in [6.07, 6.45) is 12.1. The lowest BCUT2D eigenvalue weighted by Gasteiger charge is -2.20. The van der Waals surface area contributed by atoms with E-state index in [0.717, 1.165) is 0 Å². The van der Waals surface area contributed by atoms with Crippen molar-refractivity contribution in [2.75, 3.05) is 6.61 Å². The minimum atomic E-state index is 0.141. The van der Waals surface area contributed by atoms with Gasteiger partial charge in [-0.25, -0.2) is 0 Å². The summed E-state index contributed by atoms with van der Waals surface area (Å²) in [5.41, 5.74) is 0.141. The van der Waals surface area contributed by atoms with E-state index >= 15 is 0 Å². The summed E-state index contributed by atoms with van der Waals surface area (Å²) < 4.78 is 0. The highest BCUT2D eigenvalue weighted by atomic mass is 16.3. The van der Waals surface area contributed by atoms with Crippen molar-refractivity contribution in [1.82, 2.24) is 0 Å². The molecule has 15 heavy (non-hydrogen) atoms. The molecule has 0 fully saturated rings. The molecule has 0 atom stereocenters. The predicted molar refractivity (Wildman–Crippen MR) is 68.1 cm³/mol. The van der Waals surface area contributed by atoms with Crippen LogP contribution < -0.4 is 0 Å². The van der Waals surface area contributed by atoms with E-state index in [1.807, 2.05) is 0 Å². The van der Waals surface area contributed by atoms with Crippen molar-refractivity contribution in [2.24, 2.45) is 5.41 Å². The zero-order valence-corrected chi connectivity index (χ0v) is 11.0. The molecule has 1 heteroatoms. The van der Waals surface area contributed by atoms with Crippen LogP contribution in [0.4, 0.5) is 0 Å². The van der Waals surface area contributed by atoms with Gasteiger partial charge < -0.3 is 5.11 Å². The van der Waals surface area contributed by atoms with E-state index in [2.05, 4.69) is 20.8 Å². The Morgan fingerprint density at radius 2 is 1.27 bits per heavy atom. The fourth-order valence-corrected chi connectivity index (χ4v) is 1.82. The van der Waals surface area contributed by atoms with Crippen molar-refractivity contribution >= 4 is 0 Å². The van der Waals surface area contributed by atoms with Crippen LogP contribution >= 0.6 is 0 Å². The molecule has 0 spiro atoms. The third-order valence-corrected chi connectivity index (χ3v) is 3.14. The first-order chi connectivity index (χ1) is 7.12. The summed E-state index contributed by atoms with van der Waals surface area (Å²) in [7, 11) is 0. The molecule has 0 rings (SSSR count). The molecule has 1 nitrogen and oxygen atoms in total. The van der Waals surface area contributed by atoms with Gasteiger partial charge in [0.15, 0.2) is 0 Å². The molecule has 0 aliphatic rings. The summed E-state index contributed by atoms with van der Waals surface area (Å²) in [5, 5.41) is 9.09. The Balaban J connectivity index is 3.11. The molecule has 0 unspecified atom stereocenters. The first-order valence-electron chi connectivity index (χ1n) is 6.73. The smallest absolute Gasteiger partial charge is 0.0482 e. The normalized spacial score (nSPS) is 12.0.